The number of cyclic esters (lactones) is 1. The number of carbonyl (C=O) groups excluding carboxylic acids is 4. The van der Waals surface area contributed by atoms with Gasteiger partial charge in [0.2, 0.25) is 11.8 Å². The van der Waals surface area contributed by atoms with Crippen LogP contribution in [0.5, 0.6) is 0 Å². The van der Waals surface area contributed by atoms with Crippen LogP contribution in [0.4, 0.5) is 5.69 Å². The molecule has 1 aromatic carbocycles. The molecular weight excluding hydrogens is 955 g/mol. The van der Waals surface area contributed by atoms with Gasteiger partial charge in [0.25, 0.3) is 5.91 Å². The van der Waals surface area contributed by atoms with E-state index in [4.69, 9.17) is 19.4 Å². The van der Waals surface area contributed by atoms with Crippen LogP contribution in [0, 0.1) is 23.2 Å². The minimum Gasteiger partial charge on any atom is -0.464 e. The van der Waals surface area contributed by atoms with E-state index in [2.05, 4.69) is 77.2 Å². The zero-order chi connectivity index (χ0) is 51.8. The molecule has 17 nitrogen and oxygen atoms in total. The summed E-state index contributed by atoms with van der Waals surface area (Å²) in [6.07, 6.45) is 7.01. The number of thiazole rings is 1. The number of sulfone groups is 1. The molecule has 4 aromatic rings. The van der Waals surface area contributed by atoms with Gasteiger partial charge in [-0.1, -0.05) is 39.8 Å². The van der Waals surface area contributed by atoms with E-state index in [1.54, 1.807) is 20.2 Å². The number of hydrazine groups is 1. The maximum atomic E-state index is 14.7. The lowest BCUT2D eigenvalue weighted by molar-refractivity contribution is -0.155. The smallest absolute Gasteiger partial charge is 0.324 e. The Balaban J connectivity index is 1.17. The number of anilines is 1. The van der Waals surface area contributed by atoms with Crippen molar-refractivity contribution in [1.82, 2.24) is 40.1 Å². The van der Waals surface area contributed by atoms with E-state index >= 15 is 0 Å². The molecule has 2 N–H and O–H groups in total. The van der Waals surface area contributed by atoms with Gasteiger partial charge in [-0.05, 0) is 88.6 Å². The van der Waals surface area contributed by atoms with Gasteiger partial charge in [0.15, 0.2) is 9.84 Å². The van der Waals surface area contributed by atoms with Crippen molar-refractivity contribution >= 4 is 61.5 Å². The highest BCUT2D eigenvalue weighted by atomic mass is 32.2. The SMILES string of the molecule is CCn1c(-c2cc(N3CCN(C)CC3)cnc2[C@H](C)OC)c2c3cc(ccc31)-c1csc(n1)C[C@H](NC(=O)[C@H](C(C)C)N(C)C(=O)C1CC(/C=C/S(C)(=O)=O)C1)C(=O)N1CCC[C@H](N1)C(=O)OCC(C)(C)C2. The first-order chi connectivity index (χ1) is 34.1. The van der Waals surface area contributed by atoms with E-state index in [0.717, 1.165) is 82.8 Å². The summed E-state index contributed by atoms with van der Waals surface area (Å²) in [6, 6.07) is 5.90. The van der Waals surface area contributed by atoms with Crippen LogP contribution in [-0.4, -0.2) is 146 Å². The lowest BCUT2D eigenvalue weighted by atomic mass is 9.74. The van der Waals surface area contributed by atoms with E-state index in [1.165, 1.54) is 26.7 Å². The number of hydrogen-bond donors (Lipinski definition) is 2. The number of aromatic nitrogens is 3. The van der Waals surface area contributed by atoms with Gasteiger partial charge in [-0.25, -0.2) is 18.8 Å². The summed E-state index contributed by atoms with van der Waals surface area (Å²) in [5.41, 5.74) is 10.3. The number of allylic oxidation sites excluding steroid dienone is 1. The molecule has 390 valence electrons. The van der Waals surface area contributed by atoms with Crippen LogP contribution in [0.15, 0.2) is 47.3 Å². The average molecular weight is 1030 g/mol. The molecule has 2 saturated heterocycles. The molecule has 0 spiro atoms. The average Bonchev–Trinajstić information content (AvgIpc) is 3.92. The molecule has 3 fully saturated rings. The first kappa shape index (κ1) is 53.1. The summed E-state index contributed by atoms with van der Waals surface area (Å²) in [5.74, 6) is -2.30. The maximum Gasteiger partial charge on any atom is 0.324 e. The first-order valence-corrected chi connectivity index (χ1v) is 28.2. The zero-order valence-electron chi connectivity index (χ0n) is 43.6. The number of aryl methyl sites for hydroxylation is 1. The molecule has 6 bridgehead atoms. The van der Waals surface area contributed by atoms with Crippen molar-refractivity contribution in [3.8, 4) is 22.5 Å². The number of piperazine rings is 1. The topological polar surface area (TPSA) is 189 Å². The van der Waals surface area contributed by atoms with Gasteiger partial charge in [0, 0.05) is 110 Å². The van der Waals surface area contributed by atoms with E-state index < -0.39 is 51.2 Å². The molecule has 0 unspecified atom stereocenters. The van der Waals surface area contributed by atoms with Crippen LogP contribution in [0.3, 0.4) is 0 Å². The van der Waals surface area contributed by atoms with Gasteiger partial charge in [0.1, 0.15) is 18.1 Å². The Labute approximate surface area is 428 Å². The number of benzene rings is 1. The highest BCUT2D eigenvalue weighted by Crippen LogP contribution is 2.43. The molecule has 6 heterocycles. The number of rotatable bonds is 12. The molecule has 72 heavy (non-hydrogen) atoms. The summed E-state index contributed by atoms with van der Waals surface area (Å²) >= 11 is 1.41. The molecule has 4 aliphatic rings. The van der Waals surface area contributed by atoms with Crippen LogP contribution in [-0.2, 0) is 57.9 Å². The molecule has 8 rings (SSSR count). The lowest BCUT2D eigenvalue weighted by Crippen LogP contribution is -2.62. The Morgan fingerprint density at radius 1 is 1.10 bits per heavy atom. The molecule has 3 aliphatic heterocycles. The molecule has 3 amide bonds. The van der Waals surface area contributed by atoms with Crippen molar-refractivity contribution in [3.63, 3.8) is 0 Å². The fourth-order valence-corrected chi connectivity index (χ4v) is 12.1. The Kier molecular flexibility index (Phi) is 16.0. The zero-order valence-corrected chi connectivity index (χ0v) is 45.2. The number of amides is 3. The molecule has 1 aliphatic carbocycles. The monoisotopic (exact) mass is 1030 g/mol. The quantitative estimate of drug-likeness (QED) is 0.157. The number of nitrogens with zero attached hydrogens (tertiary/aromatic N) is 7. The van der Waals surface area contributed by atoms with Crippen molar-refractivity contribution in [1.29, 1.82) is 0 Å². The minimum absolute atomic E-state index is 0.0456. The van der Waals surface area contributed by atoms with Crippen LogP contribution in [0.2, 0.25) is 0 Å². The molecule has 4 atom stereocenters. The first-order valence-electron chi connectivity index (χ1n) is 25.4. The normalized spacial score (nSPS) is 23.2. The third kappa shape index (κ3) is 11.6. The summed E-state index contributed by atoms with van der Waals surface area (Å²) in [6.45, 7) is 16.9. The van der Waals surface area contributed by atoms with Crippen LogP contribution in [0.25, 0.3) is 33.4 Å². The highest BCUT2D eigenvalue weighted by Gasteiger charge is 2.41. The molecule has 3 aromatic heterocycles. The second-order valence-corrected chi connectivity index (χ2v) is 24.4. The maximum absolute atomic E-state index is 14.7. The fourth-order valence-electron chi connectivity index (χ4n) is 10.7. The summed E-state index contributed by atoms with van der Waals surface area (Å²) in [7, 11) is 2.18. The van der Waals surface area contributed by atoms with Gasteiger partial charge >= 0.3 is 5.97 Å². The number of carbonyl (C=O) groups is 4. The molecule has 0 radical (unpaired) electrons. The van der Waals surface area contributed by atoms with Gasteiger partial charge in [-0.3, -0.25) is 29.2 Å². The van der Waals surface area contributed by atoms with E-state index in [1.807, 2.05) is 32.3 Å². The van der Waals surface area contributed by atoms with Crippen molar-refractivity contribution in [2.24, 2.45) is 23.2 Å². The minimum atomic E-state index is -3.29. The second-order valence-electron chi connectivity index (χ2n) is 21.5. The van der Waals surface area contributed by atoms with Gasteiger partial charge in [0.05, 0.1) is 46.7 Å². The largest absolute Gasteiger partial charge is 0.464 e. The second kappa shape index (κ2) is 21.7. The lowest BCUT2D eigenvalue weighted by Gasteiger charge is -2.39. The number of methoxy groups -OCH3 is 1. The standard InChI is InChI=1S/C53H73N9O8S2/c1-11-61-44-15-14-35-25-38(44)40(48(61)39-26-37(29-54-46(39)33(4)69-9)60-20-18-58(7)19-21-60)28-53(5,6)31-70-52(66)41-13-12-17-62(57-41)51(65)42(27-45-55-43(35)30-71-45)56-49(63)47(32(2)3)59(8)50(64)36-23-34(24-36)16-22-72(10,67)68/h14-16,22,25-26,29-30,32-34,36,41-42,47,57H,11-13,17-21,23-24,27-28,31H2,1-10H3,(H,56,63)/b22-16+/t33-,34?,36?,41-,42-,47-/m0/s1. The van der Waals surface area contributed by atoms with Crippen molar-refractivity contribution < 1.29 is 37.1 Å². The van der Waals surface area contributed by atoms with Gasteiger partial charge in [-0.15, -0.1) is 11.3 Å². The van der Waals surface area contributed by atoms with Crippen molar-refractivity contribution in [2.75, 3.05) is 71.7 Å². The fraction of sp³-hybridized carbons (Fsp3) is 0.585. The number of pyridine rings is 1. The van der Waals surface area contributed by atoms with Gasteiger partial charge in [-0.2, -0.15) is 0 Å². The summed E-state index contributed by atoms with van der Waals surface area (Å²) < 4.78 is 37.9. The molecule has 1 saturated carbocycles. The van der Waals surface area contributed by atoms with E-state index in [-0.39, 0.29) is 42.8 Å². The third-order valence-electron chi connectivity index (χ3n) is 14.9. The van der Waals surface area contributed by atoms with Gasteiger partial charge < -0.3 is 34.1 Å². The van der Waals surface area contributed by atoms with Crippen LogP contribution in [0.1, 0.15) is 89.6 Å². The number of fused-ring (bicyclic) bond motifs is 6. The third-order valence-corrected chi connectivity index (χ3v) is 16.4. The number of nitrogens with one attached hydrogen (secondary N) is 2. The number of ether oxygens (including phenoxy) is 2. The Hall–Kier alpha value is -5.21. The summed E-state index contributed by atoms with van der Waals surface area (Å²) in [4.78, 5) is 73.5. The number of likely N-dealkylation sites (N-methyl/N-ethyl adjacent to an activating group) is 2. The van der Waals surface area contributed by atoms with Crippen LogP contribution < -0.4 is 15.6 Å². The Morgan fingerprint density at radius 2 is 1.83 bits per heavy atom. The van der Waals surface area contributed by atoms with Crippen molar-refractivity contribution in [3.05, 3.63) is 63.6 Å². The highest BCUT2D eigenvalue weighted by molar-refractivity contribution is 7.93. The van der Waals surface area contributed by atoms with E-state index in [9.17, 15) is 27.6 Å². The Morgan fingerprint density at radius 3 is 2.51 bits per heavy atom. The molecule has 19 heteroatoms. The number of hydrogen-bond acceptors (Lipinski definition) is 14. The number of esters is 1. The molecular formula is C53H73N9O8S2. The van der Waals surface area contributed by atoms with Crippen molar-refractivity contribution in [2.45, 2.75) is 111 Å². The Bertz CT molecular complexity index is 2810. The predicted molar refractivity (Wildman–Crippen MR) is 281 cm³/mol. The predicted octanol–water partition coefficient (Wildman–Crippen LogP) is 6.02. The van der Waals surface area contributed by atoms with E-state index in [0.29, 0.717) is 50.2 Å². The van der Waals surface area contributed by atoms with Crippen LogP contribution >= 0.6 is 11.3 Å². The summed E-state index contributed by atoms with van der Waals surface area (Å²) in [5, 5.41) is 9.29.